The van der Waals surface area contributed by atoms with E-state index in [2.05, 4.69) is 28.2 Å². The molecular weight excluding hydrogens is 254 g/mol. The molecular formula is C15H13N3O2. The first kappa shape index (κ1) is 12.3. The van der Waals surface area contributed by atoms with Gasteiger partial charge in [0.2, 0.25) is 5.78 Å². The quantitative estimate of drug-likeness (QED) is 0.775. The van der Waals surface area contributed by atoms with E-state index in [9.17, 15) is 4.79 Å². The summed E-state index contributed by atoms with van der Waals surface area (Å²) in [5.41, 5.74) is 4.34. The second-order valence-electron chi connectivity index (χ2n) is 4.86. The zero-order chi connectivity index (χ0) is 14.3. The molecule has 0 saturated heterocycles. The zero-order valence-corrected chi connectivity index (χ0v) is 11.2. The van der Waals surface area contributed by atoms with Crippen molar-refractivity contribution in [2.24, 2.45) is 0 Å². The normalized spacial score (nSPS) is 10.9. The van der Waals surface area contributed by atoms with Crippen molar-refractivity contribution in [3.8, 4) is 11.1 Å². The molecule has 5 heteroatoms. The summed E-state index contributed by atoms with van der Waals surface area (Å²) in [4.78, 5) is 19.1. The lowest BCUT2D eigenvalue weighted by Crippen LogP contribution is -1.94. The maximum absolute atomic E-state index is 10.9. The van der Waals surface area contributed by atoms with Crippen LogP contribution in [0.1, 0.15) is 21.6 Å². The van der Waals surface area contributed by atoms with Crippen LogP contribution in [0, 0.1) is 13.8 Å². The number of fused-ring (bicyclic) bond motifs is 1. The van der Waals surface area contributed by atoms with Gasteiger partial charge in [-0.3, -0.25) is 4.40 Å². The Kier molecular flexibility index (Phi) is 2.75. The predicted molar refractivity (Wildman–Crippen MR) is 74.9 cm³/mol. The lowest BCUT2D eigenvalue weighted by molar-refractivity contribution is 0.0691. The number of imidazole rings is 1. The largest absolute Gasteiger partial charge is 0.476 e. The number of hydrogen-bond acceptors (Lipinski definition) is 3. The second kappa shape index (κ2) is 4.45. The van der Waals surface area contributed by atoms with Crippen molar-refractivity contribution in [1.29, 1.82) is 0 Å². The number of hydrogen-bond donors (Lipinski definition) is 1. The van der Waals surface area contributed by atoms with Gasteiger partial charge in [-0.25, -0.2) is 14.8 Å². The average molecular weight is 267 g/mol. The van der Waals surface area contributed by atoms with Crippen molar-refractivity contribution in [3.05, 3.63) is 53.6 Å². The average Bonchev–Trinajstić information content (AvgIpc) is 2.80. The molecule has 3 aromatic rings. The molecule has 2 heterocycles. The Bertz CT molecular complexity index is 801. The Balaban J connectivity index is 2.14. The summed E-state index contributed by atoms with van der Waals surface area (Å²) in [7, 11) is 0. The molecule has 0 unspecified atom stereocenters. The topological polar surface area (TPSA) is 67.5 Å². The highest BCUT2D eigenvalue weighted by Crippen LogP contribution is 2.21. The lowest BCUT2D eigenvalue weighted by atomic mass is 10.0. The molecule has 0 aliphatic rings. The van der Waals surface area contributed by atoms with E-state index in [1.54, 1.807) is 10.6 Å². The van der Waals surface area contributed by atoms with Gasteiger partial charge in [0.15, 0.2) is 5.69 Å². The summed E-state index contributed by atoms with van der Waals surface area (Å²) in [5, 5.41) is 8.94. The van der Waals surface area contributed by atoms with Crippen molar-refractivity contribution in [1.82, 2.24) is 14.4 Å². The van der Waals surface area contributed by atoms with E-state index in [4.69, 9.17) is 5.11 Å². The van der Waals surface area contributed by atoms with Crippen molar-refractivity contribution < 1.29 is 9.90 Å². The molecule has 0 amide bonds. The van der Waals surface area contributed by atoms with Gasteiger partial charge in [-0.15, -0.1) is 0 Å². The molecule has 0 saturated carbocycles. The molecule has 1 aromatic carbocycles. The van der Waals surface area contributed by atoms with Crippen LogP contribution in [0.3, 0.4) is 0 Å². The predicted octanol–water partition coefficient (Wildman–Crippen LogP) is 2.71. The van der Waals surface area contributed by atoms with Crippen LogP contribution in [0.2, 0.25) is 0 Å². The second-order valence-corrected chi connectivity index (χ2v) is 4.86. The summed E-state index contributed by atoms with van der Waals surface area (Å²) >= 11 is 0. The highest BCUT2D eigenvalue weighted by atomic mass is 16.4. The van der Waals surface area contributed by atoms with Gasteiger partial charge < -0.3 is 5.11 Å². The van der Waals surface area contributed by atoms with Crippen LogP contribution in [-0.4, -0.2) is 25.4 Å². The Morgan fingerprint density at radius 1 is 1.10 bits per heavy atom. The Hall–Kier alpha value is -2.69. The maximum atomic E-state index is 10.9. The smallest absolute Gasteiger partial charge is 0.356 e. The van der Waals surface area contributed by atoms with Gasteiger partial charge in [-0.05, 0) is 19.4 Å². The molecule has 0 aliphatic carbocycles. The fraction of sp³-hybridized carbons (Fsp3) is 0.133. The third kappa shape index (κ3) is 2.14. The maximum Gasteiger partial charge on any atom is 0.356 e. The van der Waals surface area contributed by atoms with Crippen LogP contribution in [0.25, 0.3) is 16.9 Å². The van der Waals surface area contributed by atoms with E-state index < -0.39 is 5.97 Å². The first-order valence-electron chi connectivity index (χ1n) is 6.19. The van der Waals surface area contributed by atoms with Crippen molar-refractivity contribution in [2.75, 3.05) is 0 Å². The van der Waals surface area contributed by atoms with Crippen molar-refractivity contribution in [3.63, 3.8) is 0 Å². The number of nitrogens with zero attached hydrogens (tertiary/aromatic N) is 3. The number of aromatic nitrogens is 3. The number of carboxylic acids is 1. The van der Waals surface area contributed by atoms with Gasteiger partial charge >= 0.3 is 5.97 Å². The number of aromatic carboxylic acids is 1. The van der Waals surface area contributed by atoms with Crippen molar-refractivity contribution in [2.45, 2.75) is 13.8 Å². The third-order valence-electron chi connectivity index (χ3n) is 3.08. The molecule has 2 aromatic heterocycles. The standard InChI is InChI=1S/C15H13N3O2/c1-9-3-10(2)5-11(4-9)12-6-16-15-17-13(14(19)20)8-18(15)7-12/h3-8H,1-2H3,(H,19,20). The minimum absolute atomic E-state index is 0.00456. The number of carbonyl (C=O) groups is 1. The number of carboxylic acid groups (broad SMARTS) is 1. The molecule has 0 radical (unpaired) electrons. The monoisotopic (exact) mass is 267 g/mol. The van der Waals surface area contributed by atoms with Crippen LogP contribution in [0.4, 0.5) is 0 Å². The van der Waals surface area contributed by atoms with E-state index in [1.807, 2.05) is 20.0 Å². The Morgan fingerprint density at radius 3 is 2.45 bits per heavy atom. The molecule has 0 atom stereocenters. The Labute approximate surface area is 115 Å². The van der Waals surface area contributed by atoms with Gasteiger partial charge in [0.1, 0.15) is 0 Å². The van der Waals surface area contributed by atoms with Gasteiger partial charge in [-0.2, -0.15) is 0 Å². The van der Waals surface area contributed by atoms with Gasteiger partial charge in [0.25, 0.3) is 0 Å². The first-order valence-corrected chi connectivity index (χ1v) is 6.19. The molecule has 0 spiro atoms. The molecule has 0 bridgehead atoms. The number of aryl methyl sites for hydroxylation is 2. The lowest BCUT2D eigenvalue weighted by Gasteiger charge is -2.05. The van der Waals surface area contributed by atoms with Crippen LogP contribution < -0.4 is 0 Å². The van der Waals surface area contributed by atoms with E-state index in [-0.39, 0.29) is 5.69 Å². The highest BCUT2D eigenvalue weighted by Gasteiger charge is 2.10. The summed E-state index contributed by atoms with van der Waals surface area (Å²) in [6.07, 6.45) is 5.02. The van der Waals surface area contributed by atoms with Gasteiger partial charge in [-0.1, -0.05) is 29.3 Å². The number of rotatable bonds is 2. The van der Waals surface area contributed by atoms with Gasteiger partial charge in [0, 0.05) is 24.2 Å². The van der Waals surface area contributed by atoms with E-state index >= 15 is 0 Å². The van der Waals surface area contributed by atoms with Crippen molar-refractivity contribution >= 4 is 11.7 Å². The molecule has 1 N–H and O–H groups in total. The molecule has 0 fully saturated rings. The van der Waals surface area contributed by atoms with Crippen LogP contribution >= 0.6 is 0 Å². The summed E-state index contributed by atoms with van der Waals surface area (Å²) in [6.45, 7) is 4.09. The van der Waals surface area contributed by atoms with Gasteiger partial charge in [0.05, 0.1) is 0 Å². The first-order chi connectivity index (χ1) is 9.52. The fourth-order valence-corrected chi connectivity index (χ4v) is 2.28. The van der Waals surface area contributed by atoms with Crippen LogP contribution in [0.5, 0.6) is 0 Å². The zero-order valence-electron chi connectivity index (χ0n) is 11.2. The third-order valence-corrected chi connectivity index (χ3v) is 3.08. The van der Waals surface area contributed by atoms with Crippen LogP contribution in [-0.2, 0) is 0 Å². The van der Waals surface area contributed by atoms with E-state index in [0.29, 0.717) is 5.78 Å². The number of benzene rings is 1. The summed E-state index contributed by atoms with van der Waals surface area (Å²) in [6, 6.07) is 6.25. The minimum atomic E-state index is -1.05. The van der Waals surface area contributed by atoms with Crippen LogP contribution in [0.15, 0.2) is 36.8 Å². The minimum Gasteiger partial charge on any atom is -0.476 e. The summed E-state index contributed by atoms with van der Waals surface area (Å²) < 4.78 is 1.64. The SMILES string of the molecule is Cc1cc(C)cc(-c2cnc3nc(C(=O)O)cn3c2)c1. The highest BCUT2D eigenvalue weighted by molar-refractivity contribution is 5.85. The molecule has 20 heavy (non-hydrogen) atoms. The molecule has 3 rings (SSSR count). The van der Waals surface area contributed by atoms with E-state index in [0.717, 1.165) is 11.1 Å². The summed E-state index contributed by atoms with van der Waals surface area (Å²) in [5.74, 6) is -0.668. The molecule has 5 nitrogen and oxygen atoms in total. The van der Waals surface area contributed by atoms with E-state index in [1.165, 1.54) is 17.3 Å². The molecule has 0 aliphatic heterocycles. The fourth-order valence-electron chi connectivity index (χ4n) is 2.28. The molecule has 100 valence electrons. The Morgan fingerprint density at radius 2 is 1.80 bits per heavy atom.